The van der Waals surface area contributed by atoms with E-state index in [0.29, 0.717) is 11.6 Å². The average Bonchev–Trinajstić information content (AvgIpc) is 3.16. The van der Waals surface area contributed by atoms with E-state index in [0.717, 1.165) is 36.3 Å². The van der Waals surface area contributed by atoms with Crippen LogP contribution in [0.2, 0.25) is 0 Å². The molecule has 1 aliphatic rings. The molecule has 0 unspecified atom stereocenters. The van der Waals surface area contributed by atoms with Gasteiger partial charge in [0.2, 0.25) is 5.91 Å². The number of aromatic nitrogens is 3. The molecule has 0 radical (unpaired) electrons. The number of nitrogens with one attached hydrogen (secondary N) is 1. The summed E-state index contributed by atoms with van der Waals surface area (Å²) >= 11 is 0. The zero-order valence-corrected chi connectivity index (χ0v) is 15.2. The zero-order chi connectivity index (χ0) is 18.6. The summed E-state index contributed by atoms with van der Waals surface area (Å²) in [6, 6.07) is 13.7. The molecule has 1 aliphatic heterocycles. The van der Waals surface area contributed by atoms with E-state index in [1.807, 2.05) is 41.3 Å². The van der Waals surface area contributed by atoms with Crippen molar-refractivity contribution in [3.8, 4) is 11.4 Å². The van der Waals surface area contributed by atoms with E-state index in [2.05, 4.69) is 33.3 Å². The Kier molecular flexibility index (Phi) is 4.78. The highest BCUT2D eigenvalue weighted by atomic mass is 16.2. The van der Waals surface area contributed by atoms with Crippen LogP contribution in [0.5, 0.6) is 0 Å². The topological polar surface area (TPSA) is 71.0 Å². The molecule has 136 valence electrons. The summed E-state index contributed by atoms with van der Waals surface area (Å²) in [5.74, 6) is 1.34. The molecular weight excluding hydrogens is 338 g/mol. The molecule has 4 rings (SSSR count). The molecule has 0 atom stereocenters. The smallest absolute Gasteiger partial charge is 0.246 e. The van der Waals surface area contributed by atoms with E-state index in [-0.39, 0.29) is 12.5 Å². The van der Waals surface area contributed by atoms with Crippen LogP contribution in [0.4, 0.5) is 11.5 Å². The lowest BCUT2D eigenvalue weighted by molar-refractivity contribution is -0.116. The second-order valence-electron chi connectivity index (χ2n) is 6.44. The van der Waals surface area contributed by atoms with Crippen molar-refractivity contribution in [1.29, 1.82) is 0 Å². The lowest BCUT2D eigenvalue weighted by Crippen LogP contribution is -2.34. The van der Waals surface area contributed by atoms with Gasteiger partial charge in [-0.25, -0.2) is 9.97 Å². The Balaban J connectivity index is 1.51. The molecule has 6 heteroatoms. The number of anilines is 2. The van der Waals surface area contributed by atoms with E-state index < -0.39 is 0 Å². The molecule has 0 saturated carbocycles. The van der Waals surface area contributed by atoms with Crippen LogP contribution < -0.4 is 10.2 Å². The van der Waals surface area contributed by atoms with Gasteiger partial charge in [-0.2, -0.15) is 0 Å². The Labute approximate surface area is 158 Å². The summed E-state index contributed by atoms with van der Waals surface area (Å²) in [4.78, 5) is 27.7. The van der Waals surface area contributed by atoms with Crippen LogP contribution in [0.25, 0.3) is 11.4 Å². The third-order valence-corrected chi connectivity index (χ3v) is 4.69. The Morgan fingerprint density at radius 3 is 2.78 bits per heavy atom. The van der Waals surface area contributed by atoms with Gasteiger partial charge in [0.1, 0.15) is 5.82 Å². The fourth-order valence-corrected chi connectivity index (χ4v) is 3.26. The van der Waals surface area contributed by atoms with Crippen molar-refractivity contribution in [2.45, 2.75) is 19.8 Å². The Hall–Kier alpha value is -3.28. The van der Waals surface area contributed by atoms with Gasteiger partial charge in [-0.3, -0.25) is 9.78 Å². The quantitative estimate of drug-likeness (QED) is 0.758. The minimum Gasteiger partial charge on any atom is -0.361 e. The summed E-state index contributed by atoms with van der Waals surface area (Å²) in [5.41, 5.74) is 4.07. The normalized spacial score (nSPS) is 12.7. The largest absolute Gasteiger partial charge is 0.361 e. The fourth-order valence-electron chi connectivity index (χ4n) is 3.26. The Morgan fingerprint density at radius 1 is 1.15 bits per heavy atom. The lowest BCUT2D eigenvalue weighted by Gasteiger charge is -2.18. The van der Waals surface area contributed by atoms with Gasteiger partial charge >= 0.3 is 0 Å². The predicted molar refractivity (Wildman–Crippen MR) is 106 cm³/mol. The maximum atomic E-state index is 12.7. The Bertz CT molecular complexity index is 958. The summed E-state index contributed by atoms with van der Waals surface area (Å²) in [7, 11) is 0. The number of hydrogen-bond donors (Lipinski definition) is 1. The standard InChI is InChI=1S/C21H21N5O/c1-2-17-13-19(25-21(24-17)16-7-10-22-11-8-16)23-14-20(27)26-12-9-15-5-3-4-6-18(15)26/h3-8,10-11,13H,2,9,12,14H2,1H3,(H,23,24,25). The minimum absolute atomic E-state index is 0.0436. The van der Waals surface area contributed by atoms with Crippen molar-refractivity contribution in [2.75, 3.05) is 23.3 Å². The molecule has 1 N–H and O–H groups in total. The molecule has 0 saturated heterocycles. The number of nitrogens with zero attached hydrogens (tertiary/aromatic N) is 4. The number of pyridine rings is 1. The van der Waals surface area contributed by atoms with Gasteiger partial charge in [0, 0.05) is 41.9 Å². The fraction of sp³-hybridized carbons (Fsp3) is 0.238. The van der Waals surface area contributed by atoms with E-state index >= 15 is 0 Å². The van der Waals surface area contributed by atoms with Gasteiger partial charge < -0.3 is 10.2 Å². The number of benzene rings is 1. The second kappa shape index (κ2) is 7.53. The van der Waals surface area contributed by atoms with E-state index in [1.54, 1.807) is 12.4 Å². The maximum Gasteiger partial charge on any atom is 0.246 e. The number of hydrogen-bond acceptors (Lipinski definition) is 5. The predicted octanol–water partition coefficient (Wildman–Crippen LogP) is 3.10. The average molecular weight is 359 g/mol. The van der Waals surface area contributed by atoms with Crippen LogP contribution in [0.15, 0.2) is 54.9 Å². The number of amides is 1. The Morgan fingerprint density at radius 2 is 1.96 bits per heavy atom. The summed E-state index contributed by atoms with van der Waals surface area (Å²) < 4.78 is 0. The first-order valence-electron chi connectivity index (χ1n) is 9.15. The van der Waals surface area contributed by atoms with Crippen molar-refractivity contribution in [2.24, 2.45) is 0 Å². The molecule has 27 heavy (non-hydrogen) atoms. The highest BCUT2D eigenvalue weighted by Gasteiger charge is 2.23. The molecule has 2 aromatic heterocycles. The van der Waals surface area contributed by atoms with Crippen molar-refractivity contribution in [1.82, 2.24) is 15.0 Å². The zero-order valence-electron chi connectivity index (χ0n) is 15.2. The minimum atomic E-state index is 0.0436. The molecular formula is C21H21N5O. The van der Waals surface area contributed by atoms with E-state index in [4.69, 9.17) is 0 Å². The van der Waals surface area contributed by atoms with Crippen LogP contribution in [0.3, 0.4) is 0 Å². The molecule has 3 heterocycles. The van der Waals surface area contributed by atoms with E-state index in [1.165, 1.54) is 5.56 Å². The number of aryl methyl sites for hydroxylation is 1. The molecule has 3 aromatic rings. The number of para-hydroxylation sites is 1. The van der Waals surface area contributed by atoms with Gasteiger partial charge in [-0.1, -0.05) is 25.1 Å². The van der Waals surface area contributed by atoms with Crippen LogP contribution in [0, 0.1) is 0 Å². The molecule has 1 amide bonds. The monoisotopic (exact) mass is 359 g/mol. The van der Waals surface area contributed by atoms with Gasteiger partial charge in [0.15, 0.2) is 5.82 Å². The summed E-state index contributed by atoms with van der Waals surface area (Å²) in [6.07, 6.45) is 5.14. The molecule has 0 aliphatic carbocycles. The first kappa shape index (κ1) is 17.1. The summed E-state index contributed by atoms with van der Waals surface area (Å²) in [5, 5.41) is 3.18. The SMILES string of the molecule is CCc1cc(NCC(=O)N2CCc3ccccc32)nc(-c2ccncc2)n1. The molecule has 0 bridgehead atoms. The third-order valence-electron chi connectivity index (χ3n) is 4.69. The first-order valence-corrected chi connectivity index (χ1v) is 9.15. The number of rotatable bonds is 5. The van der Waals surface area contributed by atoms with Crippen LogP contribution in [-0.2, 0) is 17.6 Å². The van der Waals surface area contributed by atoms with Crippen LogP contribution >= 0.6 is 0 Å². The summed E-state index contributed by atoms with van der Waals surface area (Å²) in [6.45, 7) is 2.98. The number of carbonyl (C=O) groups excluding carboxylic acids is 1. The van der Waals surface area contributed by atoms with Gasteiger partial charge in [0.05, 0.1) is 6.54 Å². The second-order valence-corrected chi connectivity index (χ2v) is 6.44. The molecule has 1 aromatic carbocycles. The molecule has 6 nitrogen and oxygen atoms in total. The lowest BCUT2D eigenvalue weighted by atomic mass is 10.2. The van der Waals surface area contributed by atoms with Crippen LogP contribution in [-0.4, -0.2) is 33.9 Å². The van der Waals surface area contributed by atoms with Crippen molar-refractivity contribution < 1.29 is 4.79 Å². The first-order chi connectivity index (χ1) is 13.2. The molecule has 0 spiro atoms. The van der Waals surface area contributed by atoms with Gasteiger partial charge in [-0.05, 0) is 36.6 Å². The van der Waals surface area contributed by atoms with E-state index in [9.17, 15) is 4.79 Å². The molecule has 0 fully saturated rings. The van der Waals surface area contributed by atoms with Gasteiger partial charge in [0.25, 0.3) is 0 Å². The van der Waals surface area contributed by atoms with Crippen molar-refractivity contribution in [3.63, 3.8) is 0 Å². The highest BCUT2D eigenvalue weighted by Crippen LogP contribution is 2.27. The number of fused-ring (bicyclic) bond motifs is 1. The van der Waals surface area contributed by atoms with Crippen molar-refractivity contribution >= 4 is 17.4 Å². The van der Waals surface area contributed by atoms with Crippen LogP contribution in [0.1, 0.15) is 18.2 Å². The van der Waals surface area contributed by atoms with Crippen molar-refractivity contribution in [3.05, 3.63) is 66.1 Å². The third kappa shape index (κ3) is 3.65. The van der Waals surface area contributed by atoms with Gasteiger partial charge in [-0.15, -0.1) is 0 Å². The highest BCUT2D eigenvalue weighted by molar-refractivity contribution is 5.97. The maximum absolute atomic E-state index is 12.7. The number of carbonyl (C=O) groups is 1.